The van der Waals surface area contributed by atoms with Gasteiger partial charge in [0.25, 0.3) is 0 Å². The fourth-order valence-corrected chi connectivity index (χ4v) is 3.63. The monoisotopic (exact) mass is 368 g/mol. The van der Waals surface area contributed by atoms with Crippen LogP contribution in [0.4, 0.5) is 0 Å². The molecule has 28 heavy (non-hydrogen) atoms. The fraction of sp³-hybridized carbons (Fsp3) is 0.200. The lowest BCUT2D eigenvalue weighted by molar-refractivity contribution is -0.118. The van der Waals surface area contributed by atoms with Gasteiger partial charge in [0.2, 0.25) is 0 Å². The Kier molecular flexibility index (Phi) is 5.34. The third-order valence-corrected chi connectivity index (χ3v) is 5.22. The highest BCUT2D eigenvalue weighted by Crippen LogP contribution is 2.25. The van der Waals surface area contributed by atoms with Gasteiger partial charge in [-0.15, -0.1) is 0 Å². The maximum atomic E-state index is 12.1. The number of ketones is 1. The van der Waals surface area contributed by atoms with Crippen molar-refractivity contribution in [2.75, 3.05) is 0 Å². The van der Waals surface area contributed by atoms with Crippen molar-refractivity contribution in [2.24, 2.45) is 7.05 Å². The molecule has 0 atom stereocenters. The molecule has 2 heterocycles. The van der Waals surface area contributed by atoms with E-state index >= 15 is 0 Å². The lowest BCUT2D eigenvalue weighted by Gasteiger charge is -2.06. The number of Topliss-reactive ketones (excluding diaryl/α,β-unsaturated/α-hetero) is 1. The number of hydrogen-bond donors (Lipinski definition) is 0. The molecular weight excluding hydrogens is 344 g/mol. The summed E-state index contributed by atoms with van der Waals surface area (Å²) in [6, 6.07) is 21.3. The van der Waals surface area contributed by atoms with Crippen LogP contribution in [0.1, 0.15) is 24.0 Å². The predicted octanol–water partition coefficient (Wildman–Crippen LogP) is 5.37. The Labute approximate surface area is 165 Å². The number of aryl methyl sites for hydroxylation is 2. The van der Waals surface area contributed by atoms with Gasteiger partial charge in [-0.1, -0.05) is 36.4 Å². The van der Waals surface area contributed by atoms with Crippen molar-refractivity contribution in [2.45, 2.75) is 25.7 Å². The summed E-state index contributed by atoms with van der Waals surface area (Å²) in [5.41, 5.74) is 5.97. The largest absolute Gasteiger partial charge is 0.351 e. The summed E-state index contributed by atoms with van der Waals surface area (Å²) in [4.78, 5) is 16.2. The summed E-state index contributed by atoms with van der Waals surface area (Å²) < 4.78 is 2.14. The number of hydrogen-bond acceptors (Lipinski definition) is 2. The molecule has 0 aliphatic rings. The second-order valence-electron chi connectivity index (χ2n) is 7.33. The molecule has 3 heteroatoms. The van der Waals surface area contributed by atoms with Gasteiger partial charge in [0.1, 0.15) is 5.78 Å². The number of benzene rings is 2. The van der Waals surface area contributed by atoms with E-state index in [0.717, 1.165) is 18.4 Å². The molecular formula is C25H24N2O. The highest BCUT2D eigenvalue weighted by Gasteiger charge is 2.05. The third-order valence-electron chi connectivity index (χ3n) is 5.22. The molecule has 4 rings (SSSR count). The Morgan fingerprint density at radius 3 is 2.57 bits per heavy atom. The lowest BCUT2D eigenvalue weighted by Crippen LogP contribution is -2.03. The van der Waals surface area contributed by atoms with E-state index in [1.807, 2.05) is 12.1 Å². The van der Waals surface area contributed by atoms with Crippen LogP contribution in [0.3, 0.4) is 0 Å². The van der Waals surface area contributed by atoms with E-state index in [1.54, 1.807) is 12.4 Å². The minimum absolute atomic E-state index is 0.279. The third kappa shape index (κ3) is 4.20. The standard InChI is InChI=1S/C25H24N2O/c1-27-15-13-23-17-22(11-12-25(23)27)21-9-7-19(8-10-21)4-2-6-24(28)16-20-5-3-14-26-18-20/h3,5,7-15,17-18H,2,4,6,16H2,1H3. The van der Waals surface area contributed by atoms with Gasteiger partial charge < -0.3 is 4.57 Å². The highest BCUT2D eigenvalue weighted by molar-refractivity contribution is 5.85. The number of pyridine rings is 1. The number of rotatable bonds is 7. The number of carbonyl (C=O) groups is 1. The minimum Gasteiger partial charge on any atom is -0.351 e. The van der Waals surface area contributed by atoms with Crippen LogP contribution in [0.15, 0.2) is 79.3 Å². The Morgan fingerprint density at radius 2 is 1.79 bits per heavy atom. The van der Waals surface area contributed by atoms with Crippen molar-refractivity contribution in [3.63, 3.8) is 0 Å². The highest BCUT2D eigenvalue weighted by atomic mass is 16.1. The fourth-order valence-electron chi connectivity index (χ4n) is 3.63. The van der Waals surface area contributed by atoms with E-state index in [0.29, 0.717) is 12.8 Å². The van der Waals surface area contributed by atoms with Crippen LogP contribution in [-0.2, 0) is 24.7 Å². The van der Waals surface area contributed by atoms with Crippen LogP contribution in [0, 0.1) is 0 Å². The summed E-state index contributed by atoms with van der Waals surface area (Å²) in [6.07, 6.45) is 8.49. The van der Waals surface area contributed by atoms with E-state index in [2.05, 4.69) is 71.3 Å². The van der Waals surface area contributed by atoms with Gasteiger partial charge in [-0.2, -0.15) is 0 Å². The molecule has 0 bridgehead atoms. The zero-order valence-corrected chi connectivity index (χ0v) is 16.1. The van der Waals surface area contributed by atoms with E-state index in [-0.39, 0.29) is 5.78 Å². The summed E-state index contributed by atoms with van der Waals surface area (Å²) in [5, 5.41) is 1.26. The molecule has 0 saturated heterocycles. The van der Waals surface area contributed by atoms with E-state index in [4.69, 9.17) is 0 Å². The molecule has 0 unspecified atom stereocenters. The molecule has 140 valence electrons. The SMILES string of the molecule is Cn1ccc2cc(-c3ccc(CCCC(=O)Cc4cccnc4)cc3)ccc21. The van der Waals surface area contributed by atoms with Gasteiger partial charge in [0.15, 0.2) is 0 Å². The molecule has 0 saturated carbocycles. The number of aromatic nitrogens is 2. The Bertz CT molecular complexity index is 1080. The van der Waals surface area contributed by atoms with Gasteiger partial charge in [-0.05, 0) is 59.4 Å². The molecule has 0 aliphatic carbocycles. The average molecular weight is 368 g/mol. The minimum atomic E-state index is 0.279. The van der Waals surface area contributed by atoms with Crippen molar-refractivity contribution >= 4 is 16.7 Å². The first-order valence-corrected chi connectivity index (χ1v) is 9.74. The molecule has 0 aliphatic heterocycles. The second-order valence-corrected chi connectivity index (χ2v) is 7.33. The molecule has 2 aromatic heterocycles. The predicted molar refractivity (Wildman–Crippen MR) is 114 cm³/mol. The normalized spacial score (nSPS) is 11.0. The van der Waals surface area contributed by atoms with Gasteiger partial charge >= 0.3 is 0 Å². The molecule has 2 aromatic carbocycles. The van der Waals surface area contributed by atoms with Crippen LogP contribution in [-0.4, -0.2) is 15.3 Å². The van der Waals surface area contributed by atoms with Crippen LogP contribution in [0.5, 0.6) is 0 Å². The van der Waals surface area contributed by atoms with Crippen molar-refractivity contribution in [1.29, 1.82) is 0 Å². The van der Waals surface area contributed by atoms with Crippen molar-refractivity contribution < 1.29 is 4.79 Å². The van der Waals surface area contributed by atoms with E-state index in [9.17, 15) is 4.79 Å². The summed E-state index contributed by atoms with van der Waals surface area (Å²) in [5.74, 6) is 0.279. The summed E-state index contributed by atoms with van der Waals surface area (Å²) >= 11 is 0. The van der Waals surface area contributed by atoms with Gasteiger partial charge in [-0.25, -0.2) is 0 Å². The quantitative estimate of drug-likeness (QED) is 0.439. The number of fused-ring (bicyclic) bond motifs is 1. The smallest absolute Gasteiger partial charge is 0.137 e. The van der Waals surface area contributed by atoms with Crippen molar-refractivity contribution in [3.05, 3.63) is 90.4 Å². The molecule has 3 nitrogen and oxygen atoms in total. The molecule has 0 spiro atoms. The van der Waals surface area contributed by atoms with Crippen LogP contribution < -0.4 is 0 Å². The molecule has 0 N–H and O–H groups in total. The Balaban J connectivity index is 1.33. The maximum absolute atomic E-state index is 12.1. The van der Waals surface area contributed by atoms with E-state index < -0.39 is 0 Å². The average Bonchev–Trinajstić information content (AvgIpc) is 3.09. The van der Waals surface area contributed by atoms with Crippen molar-refractivity contribution in [1.82, 2.24) is 9.55 Å². The molecule has 4 aromatic rings. The van der Waals surface area contributed by atoms with Gasteiger partial charge in [0.05, 0.1) is 0 Å². The topological polar surface area (TPSA) is 34.9 Å². The molecule has 0 amide bonds. The first kappa shape index (κ1) is 18.2. The Hall–Kier alpha value is -3.20. The van der Waals surface area contributed by atoms with Crippen LogP contribution in [0.2, 0.25) is 0 Å². The molecule has 0 fully saturated rings. The Morgan fingerprint density at radius 1 is 0.964 bits per heavy atom. The molecule has 0 radical (unpaired) electrons. The first-order chi connectivity index (χ1) is 13.7. The summed E-state index contributed by atoms with van der Waals surface area (Å²) in [6.45, 7) is 0. The van der Waals surface area contributed by atoms with Crippen molar-refractivity contribution in [3.8, 4) is 11.1 Å². The maximum Gasteiger partial charge on any atom is 0.137 e. The van der Waals surface area contributed by atoms with E-state index in [1.165, 1.54) is 27.6 Å². The summed E-state index contributed by atoms with van der Waals surface area (Å²) in [7, 11) is 2.07. The van der Waals surface area contributed by atoms with Gasteiger partial charge in [0, 0.05) is 49.4 Å². The zero-order valence-electron chi connectivity index (χ0n) is 16.1. The number of nitrogens with zero attached hydrogens (tertiary/aromatic N) is 2. The second kappa shape index (κ2) is 8.22. The van der Waals surface area contributed by atoms with Crippen LogP contribution >= 0.6 is 0 Å². The lowest BCUT2D eigenvalue weighted by atomic mass is 9.99. The van der Waals surface area contributed by atoms with Gasteiger partial charge in [-0.3, -0.25) is 9.78 Å². The zero-order chi connectivity index (χ0) is 19.3. The van der Waals surface area contributed by atoms with Crippen LogP contribution in [0.25, 0.3) is 22.0 Å². The first-order valence-electron chi connectivity index (χ1n) is 9.74. The number of carbonyl (C=O) groups excluding carboxylic acids is 1.